The molecule has 1 aromatic heterocycles. The fourth-order valence-corrected chi connectivity index (χ4v) is 3.38. The number of nitrogens with one attached hydrogen (secondary N) is 2. The van der Waals surface area contributed by atoms with E-state index in [0.717, 1.165) is 51.4 Å². The second-order valence-corrected chi connectivity index (χ2v) is 7.96. The molecule has 0 saturated carbocycles. The summed E-state index contributed by atoms with van der Waals surface area (Å²) in [5, 5.41) is 8.92. The van der Waals surface area contributed by atoms with Crippen LogP contribution in [0.3, 0.4) is 0 Å². The third kappa shape index (κ3) is 11.9. The van der Waals surface area contributed by atoms with Crippen LogP contribution in [-0.4, -0.2) is 74.5 Å². The number of amides is 1. The minimum absolute atomic E-state index is 0. The molecule has 2 N–H and O–H groups in total. The highest BCUT2D eigenvalue weighted by Gasteiger charge is 2.09. The van der Waals surface area contributed by atoms with Gasteiger partial charge in [0.1, 0.15) is 6.54 Å². The van der Waals surface area contributed by atoms with Crippen LogP contribution in [0.4, 0.5) is 0 Å². The molecule has 0 radical (unpaired) electrons. The summed E-state index contributed by atoms with van der Waals surface area (Å²) in [7, 11) is 3.51. The highest BCUT2D eigenvalue weighted by molar-refractivity contribution is 14.0. The first kappa shape index (κ1) is 27.1. The van der Waals surface area contributed by atoms with Crippen molar-refractivity contribution in [3.63, 3.8) is 0 Å². The van der Waals surface area contributed by atoms with E-state index in [0.29, 0.717) is 6.04 Å². The van der Waals surface area contributed by atoms with E-state index >= 15 is 0 Å². The van der Waals surface area contributed by atoms with Gasteiger partial charge in [0, 0.05) is 31.6 Å². The number of carbonyl (C=O) groups is 1. The average molecular weight is 524 g/mol. The van der Waals surface area contributed by atoms with Crippen LogP contribution in [0.25, 0.3) is 0 Å². The maximum atomic E-state index is 11.9. The van der Waals surface area contributed by atoms with Crippen LogP contribution in [0.1, 0.15) is 38.5 Å². The minimum Gasteiger partial charge on any atom is -0.356 e. The van der Waals surface area contributed by atoms with E-state index in [-0.39, 0.29) is 36.4 Å². The van der Waals surface area contributed by atoms with Crippen LogP contribution in [0, 0.1) is 0 Å². The topological polar surface area (TPSA) is 60.0 Å². The Bertz CT molecular complexity index is 547. The minimum atomic E-state index is 0. The van der Waals surface area contributed by atoms with Crippen molar-refractivity contribution in [2.75, 3.05) is 46.8 Å². The van der Waals surface area contributed by atoms with Gasteiger partial charge in [-0.25, -0.2) is 4.99 Å². The van der Waals surface area contributed by atoms with Crippen molar-refractivity contribution in [3.05, 3.63) is 22.4 Å². The van der Waals surface area contributed by atoms with Crippen molar-refractivity contribution >= 4 is 47.2 Å². The molecule has 0 saturated heterocycles. The second kappa shape index (κ2) is 16.0. The van der Waals surface area contributed by atoms with Gasteiger partial charge in [0.25, 0.3) is 0 Å². The first-order valence-corrected chi connectivity index (χ1v) is 10.8. The Hall–Kier alpha value is -0.870. The lowest BCUT2D eigenvalue weighted by Crippen LogP contribution is -2.44. The van der Waals surface area contributed by atoms with Crippen molar-refractivity contribution in [1.82, 2.24) is 20.4 Å². The summed E-state index contributed by atoms with van der Waals surface area (Å²) >= 11 is 1.76. The van der Waals surface area contributed by atoms with Gasteiger partial charge in [-0.1, -0.05) is 19.9 Å². The van der Waals surface area contributed by atoms with Gasteiger partial charge in [0.05, 0.1) is 0 Å². The molecule has 1 aromatic rings. The maximum Gasteiger partial charge on any atom is 0.243 e. The molecule has 0 aliphatic carbocycles. The Labute approximate surface area is 192 Å². The number of aliphatic imine (C=N–C) groups is 1. The van der Waals surface area contributed by atoms with Crippen LogP contribution in [-0.2, 0) is 11.2 Å². The number of hydrogen-bond donors (Lipinski definition) is 2. The lowest BCUT2D eigenvalue weighted by atomic mass is 10.2. The first-order chi connectivity index (χ1) is 13.0. The largest absolute Gasteiger partial charge is 0.356 e. The summed E-state index contributed by atoms with van der Waals surface area (Å²) in [4.78, 5) is 21.7. The van der Waals surface area contributed by atoms with E-state index in [9.17, 15) is 4.79 Å². The summed E-state index contributed by atoms with van der Waals surface area (Å²) in [6.45, 7) is 10.9. The third-order valence-corrected chi connectivity index (χ3v) is 5.44. The van der Waals surface area contributed by atoms with E-state index < -0.39 is 0 Å². The van der Waals surface area contributed by atoms with Crippen molar-refractivity contribution in [2.45, 2.75) is 46.1 Å². The van der Waals surface area contributed by atoms with Crippen molar-refractivity contribution in [1.29, 1.82) is 0 Å². The number of halogens is 1. The van der Waals surface area contributed by atoms with E-state index in [2.05, 4.69) is 58.8 Å². The SMILES string of the molecule is CCN(CC)CCCC(C)NC(=NCC(=O)N(C)C)NCCc1cccs1.I. The summed E-state index contributed by atoms with van der Waals surface area (Å²) in [6, 6.07) is 4.52. The zero-order valence-electron chi connectivity index (χ0n) is 18.0. The van der Waals surface area contributed by atoms with Crippen LogP contribution in [0.5, 0.6) is 0 Å². The molecular formula is C20H38IN5OS. The number of hydrogen-bond acceptors (Lipinski definition) is 4. The Kier molecular flexibility index (Phi) is 15.5. The number of rotatable bonds is 12. The molecule has 6 nitrogen and oxygen atoms in total. The van der Waals surface area contributed by atoms with Crippen LogP contribution in [0.15, 0.2) is 22.5 Å². The molecule has 1 rings (SSSR count). The van der Waals surface area contributed by atoms with Gasteiger partial charge in [-0.15, -0.1) is 35.3 Å². The Balaban J connectivity index is 0.00000729. The lowest BCUT2D eigenvalue weighted by molar-refractivity contribution is -0.127. The monoisotopic (exact) mass is 523 g/mol. The predicted molar refractivity (Wildman–Crippen MR) is 132 cm³/mol. The van der Waals surface area contributed by atoms with E-state index in [1.807, 2.05) is 0 Å². The molecular weight excluding hydrogens is 485 g/mol. The second-order valence-electron chi connectivity index (χ2n) is 6.92. The molecule has 28 heavy (non-hydrogen) atoms. The number of carbonyl (C=O) groups excluding carboxylic acids is 1. The van der Waals surface area contributed by atoms with Gasteiger partial charge in [-0.3, -0.25) is 4.79 Å². The average Bonchev–Trinajstić information content (AvgIpc) is 3.16. The Morgan fingerprint density at radius 2 is 2.00 bits per heavy atom. The zero-order chi connectivity index (χ0) is 20.1. The molecule has 1 atom stereocenters. The standard InChI is InChI=1S/C20H37N5OS.HI/c1-6-25(7-2)14-8-10-17(3)23-20(22-16-19(26)24(4)5)21-13-12-18-11-9-15-27-18;/h9,11,15,17H,6-8,10,12-14,16H2,1-5H3,(H2,21,22,23);1H. The van der Waals surface area contributed by atoms with Gasteiger partial charge >= 0.3 is 0 Å². The molecule has 1 amide bonds. The van der Waals surface area contributed by atoms with Gasteiger partial charge in [-0.2, -0.15) is 0 Å². The predicted octanol–water partition coefficient (Wildman–Crippen LogP) is 3.04. The van der Waals surface area contributed by atoms with Gasteiger partial charge < -0.3 is 20.4 Å². The van der Waals surface area contributed by atoms with E-state index in [1.54, 1.807) is 30.3 Å². The summed E-state index contributed by atoms with van der Waals surface area (Å²) < 4.78 is 0. The summed E-state index contributed by atoms with van der Waals surface area (Å²) in [6.07, 6.45) is 3.18. The first-order valence-electron chi connectivity index (χ1n) is 9.95. The van der Waals surface area contributed by atoms with Gasteiger partial charge in [-0.05, 0) is 57.3 Å². The molecule has 0 fully saturated rings. The smallest absolute Gasteiger partial charge is 0.243 e. The molecule has 0 aliphatic heterocycles. The summed E-state index contributed by atoms with van der Waals surface area (Å²) in [5.41, 5.74) is 0. The molecule has 0 aliphatic rings. The molecule has 162 valence electrons. The molecule has 0 spiro atoms. The number of guanidine groups is 1. The normalized spacial score (nSPS) is 12.4. The highest BCUT2D eigenvalue weighted by Crippen LogP contribution is 2.08. The van der Waals surface area contributed by atoms with E-state index in [1.165, 1.54) is 4.88 Å². The van der Waals surface area contributed by atoms with Crippen LogP contribution < -0.4 is 10.6 Å². The van der Waals surface area contributed by atoms with Crippen molar-refractivity contribution in [3.8, 4) is 0 Å². The fraction of sp³-hybridized carbons (Fsp3) is 0.700. The molecule has 1 heterocycles. The Morgan fingerprint density at radius 3 is 2.57 bits per heavy atom. The molecule has 8 heteroatoms. The van der Waals surface area contributed by atoms with E-state index in [4.69, 9.17) is 0 Å². The molecule has 1 unspecified atom stereocenters. The van der Waals surface area contributed by atoms with Crippen LogP contribution in [0.2, 0.25) is 0 Å². The zero-order valence-corrected chi connectivity index (χ0v) is 21.2. The molecule has 0 bridgehead atoms. The van der Waals surface area contributed by atoms with Gasteiger partial charge in [0.15, 0.2) is 5.96 Å². The summed E-state index contributed by atoms with van der Waals surface area (Å²) in [5.74, 6) is 0.723. The van der Waals surface area contributed by atoms with Gasteiger partial charge in [0.2, 0.25) is 5.91 Å². The molecule has 0 aromatic carbocycles. The Morgan fingerprint density at radius 1 is 1.29 bits per heavy atom. The highest BCUT2D eigenvalue weighted by atomic mass is 127. The fourth-order valence-electron chi connectivity index (χ4n) is 2.67. The quantitative estimate of drug-likeness (QED) is 0.251. The third-order valence-electron chi connectivity index (χ3n) is 4.50. The van der Waals surface area contributed by atoms with Crippen molar-refractivity contribution in [2.24, 2.45) is 4.99 Å². The number of likely N-dealkylation sites (N-methyl/N-ethyl adjacent to an activating group) is 1. The van der Waals surface area contributed by atoms with Crippen LogP contribution >= 0.6 is 35.3 Å². The number of thiophene rings is 1. The number of nitrogens with zero attached hydrogens (tertiary/aromatic N) is 3. The van der Waals surface area contributed by atoms with Crippen molar-refractivity contribution < 1.29 is 4.79 Å². The maximum absolute atomic E-state index is 11.9. The lowest BCUT2D eigenvalue weighted by Gasteiger charge is -2.21.